The van der Waals surface area contributed by atoms with E-state index in [1.54, 1.807) is 30.7 Å². The van der Waals surface area contributed by atoms with Gasteiger partial charge in [0.2, 0.25) is 5.95 Å². The molecule has 3 N–H and O–H groups in total. The highest BCUT2D eigenvalue weighted by Crippen LogP contribution is 2.28. The minimum atomic E-state index is -0.276. The summed E-state index contributed by atoms with van der Waals surface area (Å²) in [5.74, 6) is 1.35. The minimum absolute atomic E-state index is 0.0559. The Kier molecular flexibility index (Phi) is 6.29. The highest BCUT2D eigenvalue weighted by molar-refractivity contribution is 5.53. The molecule has 2 unspecified atom stereocenters. The molecule has 2 aromatic heterocycles. The normalized spacial score (nSPS) is 19.3. The van der Waals surface area contributed by atoms with Gasteiger partial charge in [0.25, 0.3) is 0 Å². The number of aromatic nitrogens is 4. The number of nitrogens with zero attached hydrogens (tertiary/aromatic N) is 5. The van der Waals surface area contributed by atoms with Gasteiger partial charge in [-0.25, -0.2) is 14.4 Å². The number of nitrogens with one attached hydrogen (secondary N) is 3. The third-order valence-corrected chi connectivity index (χ3v) is 5.23. The number of benzene rings is 1. The summed E-state index contributed by atoms with van der Waals surface area (Å²) in [4.78, 5) is 17.6. The van der Waals surface area contributed by atoms with Crippen molar-refractivity contribution in [3.8, 4) is 6.07 Å². The molecule has 1 saturated heterocycles. The van der Waals surface area contributed by atoms with Gasteiger partial charge in [0.1, 0.15) is 17.5 Å². The van der Waals surface area contributed by atoms with Gasteiger partial charge in [-0.15, -0.1) is 0 Å². The first-order valence-electron chi connectivity index (χ1n) is 10.1. The lowest BCUT2D eigenvalue weighted by Gasteiger charge is -2.26. The molecule has 0 radical (unpaired) electrons. The van der Waals surface area contributed by atoms with Gasteiger partial charge in [-0.3, -0.25) is 4.98 Å². The van der Waals surface area contributed by atoms with Crippen LogP contribution in [0.2, 0.25) is 0 Å². The minimum Gasteiger partial charge on any atom is -0.348 e. The van der Waals surface area contributed by atoms with Gasteiger partial charge in [-0.1, -0.05) is 12.1 Å². The zero-order chi connectivity index (χ0) is 21.6. The second-order valence-electron chi connectivity index (χ2n) is 7.55. The molecule has 0 amide bonds. The molecule has 4 rings (SSSR count). The molecule has 0 aliphatic carbocycles. The van der Waals surface area contributed by atoms with E-state index in [0.717, 1.165) is 24.2 Å². The Morgan fingerprint density at radius 1 is 1.16 bits per heavy atom. The smallest absolute Gasteiger partial charge is 0.225 e. The summed E-state index contributed by atoms with van der Waals surface area (Å²) in [5.41, 5.74) is 1.75. The van der Waals surface area contributed by atoms with Crippen molar-refractivity contribution < 1.29 is 4.39 Å². The average Bonchev–Trinajstić information content (AvgIpc) is 2.80. The van der Waals surface area contributed by atoms with E-state index in [2.05, 4.69) is 37.0 Å². The predicted molar refractivity (Wildman–Crippen MR) is 115 cm³/mol. The van der Waals surface area contributed by atoms with Crippen molar-refractivity contribution in [1.29, 1.82) is 5.26 Å². The van der Waals surface area contributed by atoms with Crippen LogP contribution in [0.15, 0.2) is 48.9 Å². The van der Waals surface area contributed by atoms with E-state index in [0.29, 0.717) is 24.1 Å². The molecule has 0 saturated carbocycles. The number of rotatable bonds is 6. The van der Waals surface area contributed by atoms with E-state index >= 15 is 0 Å². The quantitative estimate of drug-likeness (QED) is 0.557. The van der Waals surface area contributed by atoms with Gasteiger partial charge in [-0.2, -0.15) is 10.2 Å². The predicted octanol–water partition coefficient (Wildman–Crippen LogP) is 3.54. The molecule has 1 aromatic carbocycles. The summed E-state index contributed by atoms with van der Waals surface area (Å²) in [6.07, 6.45) is 5.55. The monoisotopic (exact) mass is 418 g/mol. The summed E-state index contributed by atoms with van der Waals surface area (Å²) in [5, 5.41) is 19.1. The second-order valence-corrected chi connectivity index (χ2v) is 7.55. The van der Waals surface area contributed by atoms with E-state index in [4.69, 9.17) is 4.98 Å². The number of anilines is 3. The van der Waals surface area contributed by atoms with Crippen molar-refractivity contribution >= 4 is 17.6 Å². The van der Waals surface area contributed by atoms with Gasteiger partial charge < -0.3 is 16.0 Å². The van der Waals surface area contributed by atoms with Gasteiger partial charge >= 0.3 is 0 Å². The van der Waals surface area contributed by atoms with Crippen LogP contribution in [0.3, 0.4) is 0 Å². The fourth-order valence-corrected chi connectivity index (χ4v) is 3.59. The van der Waals surface area contributed by atoms with Crippen LogP contribution in [0.5, 0.6) is 0 Å². The zero-order valence-electron chi connectivity index (χ0n) is 17.1. The Balaban J connectivity index is 1.62. The standard InChI is InChI=1S/C22H23FN8/c1-14(16-2-4-18(23)5-3-16)28-22-29-19(17-8-15(10-24)11-26-12-17)9-20(31-22)30-21-13-25-6-7-27-21/h2-7,9,13-15,17,26H,8,11-12H2,1H3,(H2,27,28,29,30,31)/t14-,15?,17?/m0/s1. The van der Waals surface area contributed by atoms with E-state index < -0.39 is 0 Å². The van der Waals surface area contributed by atoms with Crippen LogP contribution >= 0.6 is 0 Å². The van der Waals surface area contributed by atoms with Crippen LogP contribution in [0, 0.1) is 23.1 Å². The molecular weight excluding hydrogens is 395 g/mol. The molecular formula is C22H23FN8. The van der Waals surface area contributed by atoms with Crippen molar-refractivity contribution in [2.24, 2.45) is 5.92 Å². The number of hydrogen-bond acceptors (Lipinski definition) is 8. The molecule has 1 aliphatic rings. The SMILES string of the molecule is C[C@H](Nc1nc(Nc2cnccn2)cc(C2CNCC(C#N)C2)n1)c1ccc(F)cc1. The highest BCUT2D eigenvalue weighted by Gasteiger charge is 2.25. The van der Waals surface area contributed by atoms with Gasteiger partial charge in [0.05, 0.1) is 29.9 Å². The molecule has 0 spiro atoms. The molecule has 31 heavy (non-hydrogen) atoms. The van der Waals surface area contributed by atoms with Crippen LogP contribution < -0.4 is 16.0 Å². The Morgan fingerprint density at radius 3 is 2.74 bits per heavy atom. The summed E-state index contributed by atoms with van der Waals surface area (Å²) in [6.45, 7) is 3.40. The molecule has 1 aliphatic heterocycles. The van der Waals surface area contributed by atoms with Crippen molar-refractivity contribution in [3.63, 3.8) is 0 Å². The van der Waals surface area contributed by atoms with Crippen LogP contribution in [0.1, 0.15) is 36.6 Å². The number of nitriles is 1. The molecule has 9 heteroatoms. The first kappa shape index (κ1) is 20.6. The molecule has 3 aromatic rings. The van der Waals surface area contributed by atoms with Crippen molar-refractivity contribution in [3.05, 3.63) is 66.0 Å². The lowest BCUT2D eigenvalue weighted by atomic mass is 9.89. The second kappa shape index (κ2) is 9.45. The number of halogens is 1. The molecule has 158 valence electrons. The van der Waals surface area contributed by atoms with E-state index in [9.17, 15) is 9.65 Å². The van der Waals surface area contributed by atoms with Crippen molar-refractivity contribution in [1.82, 2.24) is 25.3 Å². The van der Waals surface area contributed by atoms with Gasteiger partial charge in [0, 0.05) is 37.5 Å². The fourth-order valence-electron chi connectivity index (χ4n) is 3.59. The topological polar surface area (TPSA) is 111 Å². The largest absolute Gasteiger partial charge is 0.348 e. The summed E-state index contributed by atoms with van der Waals surface area (Å²) >= 11 is 0. The third kappa shape index (κ3) is 5.29. The van der Waals surface area contributed by atoms with Crippen molar-refractivity contribution in [2.75, 3.05) is 23.7 Å². The van der Waals surface area contributed by atoms with Crippen LogP contribution in [-0.2, 0) is 0 Å². The zero-order valence-corrected chi connectivity index (χ0v) is 17.1. The Bertz CT molecular complexity index is 1050. The molecule has 1 fully saturated rings. The maximum Gasteiger partial charge on any atom is 0.225 e. The van der Waals surface area contributed by atoms with Crippen LogP contribution in [0.4, 0.5) is 22.0 Å². The van der Waals surface area contributed by atoms with Crippen molar-refractivity contribution in [2.45, 2.75) is 25.3 Å². The maximum atomic E-state index is 13.3. The van der Waals surface area contributed by atoms with Crippen LogP contribution in [-0.4, -0.2) is 33.0 Å². The Morgan fingerprint density at radius 2 is 2.00 bits per heavy atom. The lowest BCUT2D eigenvalue weighted by molar-refractivity contribution is 0.393. The summed E-state index contributed by atoms with van der Waals surface area (Å²) in [7, 11) is 0. The van der Waals surface area contributed by atoms with Crippen LogP contribution in [0.25, 0.3) is 0 Å². The average molecular weight is 418 g/mol. The molecule has 3 heterocycles. The molecule has 3 atom stereocenters. The maximum absolute atomic E-state index is 13.3. The number of hydrogen-bond donors (Lipinski definition) is 3. The van der Waals surface area contributed by atoms with E-state index in [-0.39, 0.29) is 23.7 Å². The third-order valence-electron chi connectivity index (χ3n) is 5.23. The molecule has 8 nitrogen and oxygen atoms in total. The molecule has 0 bridgehead atoms. The Hall–Kier alpha value is -3.64. The summed E-state index contributed by atoms with van der Waals surface area (Å²) in [6, 6.07) is 10.4. The highest BCUT2D eigenvalue weighted by atomic mass is 19.1. The lowest BCUT2D eigenvalue weighted by Crippen LogP contribution is -2.35. The first-order valence-corrected chi connectivity index (χ1v) is 10.1. The van der Waals surface area contributed by atoms with Gasteiger partial charge in [0.15, 0.2) is 0 Å². The fraction of sp³-hybridized carbons (Fsp3) is 0.318. The summed E-state index contributed by atoms with van der Waals surface area (Å²) < 4.78 is 13.3. The van der Waals surface area contributed by atoms with E-state index in [1.165, 1.54) is 12.1 Å². The van der Waals surface area contributed by atoms with Gasteiger partial charge in [-0.05, 0) is 31.0 Å². The first-order chi connectivity index (χ1) is 15.1. The van der Waals surface area contributed by atoms with E-state index in [1.807, 2.05) is 13.0 Å². The number of piperidine rings is 1. The Labute approximate surface area is 180 Å².